The van der Waals surface area contributed by atoms with E-state index in [1.165, 1.54) is 25.7 Å². The summed E-state index contributed by atoms with van der Waals surface area (Å²) in [5.41, 5.74) is 1.11. The van der Waals surface area contributed by atoms with Crippen molar-refractivity contribution < 1.29 is 8.42 Å². The van der Waals surface area contributed by atoms with Crippen LogP contribution in [-0.2, 0) is 10.0 Å². The second-order valence-electron chi connectivity index (χ2n) is 6.12. The van der Waals surface area contributed by atoms with Gasteiger partial charge in [-0.15, -0.1) is 0 Å². The van der Waals surface area contributed by atoms with Gasteiger partial charge in [0.25, 0.3) is 0 Å². The minimum atomic E-state index is -3.60. The molecule has 2 fully saturated rings. The molecule has 1 aliphatic heterocycles. The summed E-state index contributed by atoms with van der Waals surface area (Å²) in [5.74, 6) is 0.727. The average Bonchev–Trinajstić information content (AvgIpc) is 3.30. The highest BCUT2D eigenvalue weighted by Gasteiger charge is 2.31. The van der Waals surface area contributed by atoms with Crippen LogP contribution in [0.4, 0.5) is 5.69 Å². The molecule has 6 heteroatoms. The molecule has 3 N–H and O–H groups in total. The van der Waals surface area contributed by atoms with Crippen molar-refractivity contribution >= 4 is 15.7 Å². The number of rotatable bonds is 5. The Balaban J connectivity index is 1.74. The molecule has 1 saturated carbocycles. The third-order valence-electron chi connectivity index (χ3n) is 4.40. The Bertz CT molecular complexity index is 575. The van der Waals surface area contributed by atoms with Crippen LogP contribution >= 0.6 is 0 Å². The Morgan fingerprint density at radius 3 is 2.24 bits per heavy atom. The van der Waals surface area contributed by atoms with Crippen LogP contribution in [0.15, 0.2) is 29.2 Å². The number of piperidine rings is 1. The summed E-state index contributed by atoms with van der Waals surface area (Å²) in [7, 11) is -3.60. The molecule has 5 nitrogen and oxygen atoms in total. The van der Waals surface area contributed by atoms with Gasteiger partial charge in [0.2, 0.25) is 10.0 Å². The lowest BCUT2D eigenvalue weighted by molar-refractivity contribution is 0.372. The Morgan fingerprint density at radius 2 is 1.71 bits per heavy atom. The smallest absolute Gasteiger partial charge is 0.238 e. The van der Waals surface area contributed by atoms with E-state index in [1.54, 1.807) is 12.1 Å². The van der Waals surface area contributed by atoms with Gasteiger partial charge in [-0.1, -0.05) is 0 Å². The molecule has 0 aromatic heterocycles. The molecular formula is C15H23N3O2S. The Morgan fingerprint density at radius 1 is 1.10 bits per heavy atom. The number of hydrogen-bond acceptors (Lipinski definition) is 4. The molecule has 0 atom stereocenters. The van der Waals surface area contributed by atoms with E-state index < -0.39 is 10.0 Å². The molecule has 1 aromatic carbocycles. The van der Waals surface area contributed by atoms with Gasteiger partial charge in [0, 0.05) is 18.3 Å². The van der Waals surface area contributed by atoms with Crippen molar-refractivity contribution in [2.45, 2.75) is 36.6 Å². The monoisotopic (exact) mass is 309 g/mol. The van der Waals surface area contributed by atoms with Gasteiger partial charge in [-0.25, -0.2) is 13.6 Å². The van der Waals surface area contributed by atoms with Gasteiger partial charge in [0.1, 0.15) is 0 Å². The number of sulfonamides is 1. The maximum Gasteiger partial charge on any atom is 0.238 e. The molecule has 0 amide bonds. The molecule has 1 aromatic rings. The van der Waals surface area contributed by atoms with Crippen LogP contribution in [0.3, 0.4) is 0 Å². The van der Waals surface area contributed by atoms with Gasteiger partial charge >= 0.3 is 0 Å². The van der Waals surface area contributed by atoms with Crippen LogP contribution in [0.1, 0.15) is 25.7 Å². The molecule has 0 radical (unpaired) electrons. The summed E-state index contributed by atoms with van der Waals surface area (Å²) < 4.78 is 22.7. The highest BCUT2D eigenvalue weighted by molar-refractivity contribution is 7.89. The lowest BCUT2D eigenvalue weighted by atomic mass is 9.97. The van der Waals surface area contributed by atoms with E-state index in [4.69, 9.17) is 5.14 Å². The molecule has 1 aliphatic carbocycles. The predicted molar refractivity (Wildman–Crippen MR) is 83.8 cm³/mol. The largest absolute Gasteiger partial charge is 0.368 e. The van der Waals surface area contributed by atoms with Crippen molar-refractivity contribution in [2.24, 2.45) is 11.1 Å². The lowest BCUT2D eigenvalue weighted by Gasteiger charge is -2.32. The van der Waals surface area contributed by atoms with E-state index in [-0.39, 0.29) is 4.90 Å². The zero-order chi connectivity index (χ0) is 14.9. The zero-order valence-electron chi connectivity index (χ0n) is 12.2. The summed E-state index contributed by atoms with van der Waals surface area (Å²) in [6.07, 6.45) is 4.92. The van der Waals surface area contributed by atoms with E-state index in [0.29, 0.717) is 6.04 Å². The van der Waals surface area contributed by atoms with Crippen molar-refractivity contribution in [3.63, 3.8) is 0 Å². The zero-order valence-corrected chi connectivity index (χ0v) is 13.0. The maximum atomic E-state index is 11.3. The lowest BCUT2D eigenvalue weighted by Crippen LogP contribution is -2.37. The van der Waals surface area contributed by atoms with Crippen LogP contribution < -0.4 is 15.4 Å². The van der Waals surface area contributed by atoms with Crippen molar-refractivity contribution in [3.8, 4) is 0 Å². The third kappa shape index (κ3) is 3.75. The molecule has 21 heavy (non-hydrogen) atoms. The number of nitrogens with two attached hydrogens (primary N) is 1. The fourth-order valence-electron chi connectivity index (χ4n) is 3.02. The third-order valence-corrected chi connectivity index (χ3v) is 5.33. The summed E-state index contributed by atoms with van der Waals surface area (Å²) in [4.78, 5) is 2.63. The molecule has 1 saturated heterocycles. The highest BCUT2D eigenvalue weighted by atomic mass is 32.2. The quantitative estimate of drug-likeness (QED) is 0.860. The van der Waals surface area contributed by atoms with Crippen LogP contribution in [0.25, 0.3) is 0 Å². The first kappa shape index (κ1) is 14.8. The van der Waals surface area contributed by atoms with E-state index in [9.17, 15) is 8.42 Å². The number of hydrogen-bond donors (Lipinski definition) is 2. The predicted octanol–water partition coefficient (Wildman–Crippen LogP) is 1.30. The SMILES string of the molecule is NS(=O)(=O)c1ccc(N(CC2CCNCC2)C2CC2)cc1. The maximum absolute atomic E-state index is 11.3. The summed E-state index contributed by atoms with van der Waals surface area (Å²) >= 11 is 0. The fraction of sp³-hybridized carbons (Fsp3) is 0.600. The second-order valence-corrected chi connectivity index (χ2v) is 7.68. The number of nitrogens with zero attached hydrogens (tertiary/aromatic N) is 1. The van der Waals surface area contributed by atoms with Crippen LogP contribution in [0.2, 0.25) is 0 Å². The van der Waals surface area contributed by atoms with Crippen molar-refractivity contribution in [2.75, 3.05) is 24.5 Å². The average molecular weight is 309 g/mol. The molecule has 3 rings (SSSR count). The van der Waals surface area contributed by atoms with Gasteiger partial charge in [-0.2, -0.15) is 0 Å². The number of primary sulfonamides is 1. The van der Waals surface area contributed by atoms with E-state index in [0.717, 1.165) is 31.2 Å². The molecule has 0 bridgehead atoms. The van der Waals surface area contributed by atoms with Crippen LogP contribution in [0.5, 0.6) is 0 Å². The van der Waals surface area contributed by atoms with Crippen LogP contribution in [-0.4, -0.2) is 34.1 Å². The first-order chi connectivity index (χ1) is 10.0. The normalized spacial score (nSPS) is 20.4. The van der Waals surface area contributed by atoms with Crippen molar-refractivity contribution in [1.82, 2.24) is 5.32 Å². The standard InChI is InChI=1S/C15H23N3O2S/c16-21(19,20)15-5-3-14(4-6-15)18(13-1-2-13)11-12-7-9-17-10-8-12/h3-6,12-13,17H,1-2,7-11H2,(H2,16,19,20). The topological polar surface area (TPSA) is 75.4 Å². The van der Waals surface area contributed by atoms with Crippen molar-refractivity contribution in [1.29, 1.82) is 0 Å². The number of anilines is 1. The molecular weight excluding hydrogens is 286 g/mol. The van der Waals surface area contributed by atoms with Crippen molar-refractivity contribution in [3.05, 3.63) is 24.3 Å². The van der Waals surface area contributed by atoms with Gasteiger partial charge in [-0.05, 0) is 69.0 Å². The molecule has 2 aliphatic rings. The van der Waals surface area contributed by atoms with E-state index >= 15 is 0 Å². The minimum Gasteiger partial charge on any atom is -0.368 e. The van der Waals surface area contributed by atoms with Gasteiger partial charge in [0.15, 0.2) is 0 Å². The molecule has 116 valence electrons. The number of benzene rings is 1. The van der Waals surface area contributed by atoms with Gasteiger partial charge in [0.05, 0.1) is 4.90 Å². The van der Waals surface area contributed by atoms with Crippen LogP contribution in [0, 0.1) is 5.92 Å². The highest BCUT2D eigenvalue weighted by Crippen LogP contribution is 2.33. The molecule has 0 spiro atoms. The summed E-state index contributed by atoms with van der Waals surface area (Å²) in [6, 6.07) is 7.63. The molecule has 1 heterocycles. The first-order valence-electron chi connectivity index (χ1n) is 7.64. The fourth-order valence-corrected chi connectivity index (χ4v) is 3.54. The number of nitrogens with one attached hydrogen (secondary N) is 1. The Kier molecular flexibility index (Phi) is 4.19. The first-order valence-corrected chi connectivity index (χ1v) is 9.19. The molecule has 0 unspecified atom stereocenters. The Hall–Kier alpha value is -1.11. The Labute approximate surface area is 126 Å². The summed E-state index contributed by atoms with van der Waals surface area (Å²) in [5, 5.41) is 8.55. The minimum absolute atomic E-state index is 0.184. The van der Waals surface area contributed by atoms with Gasteiger partial charge in [-0.3, -0.25) is 0 Å². The summed E-state index contributed by atoms with van der Waals surface area (Å²) in [6.45, 7) is 3.28. The second kappa shape index (κ2) is 5.94. The van der Waals surface area contributed by atoms with Gasteiger partial charge < -0.3 is 10.2 Å². The van der Waals surface area contributed by atoms with E-state index in [2.05, 4.69) is 10.2 Å². The van der Waals surface area contributed by atoms with E-state index in [1.807, 2.05) is 12.1 Å².